The Morgan fingerprint density at radius 1 is 1.14 bits per heavy atom. The first-order chi connectivity index (χ1) is 13.1. The number of methoxy groups -OCH3 is 1. The fraction of sp³-hybridized carbons (Fsp3) is 0.368. The van der Waals surface area contributed by atoms with Crippen LogP contribution in [-0.4, -0.2) is 46.7 Å². The predicted molar refractivity (Wildman–Crippen MR) is 104 cm³/mol. The van der Waals surface area contributed by atoms with Gasteiger partial charge in [0.15, 0.2) is 19.7 Å². The maximum Gasteiger partial charge on any atom is 0.183 e. The maximum atomic E-state index is 13.5. The largest absolute Gasteiger partial charge is 0.497 e. The Kier molecular flexibility index (Phi) is 5.79. The molecule has 1 N–H and O–H groups in total. The number of aryl methyl sites for hydroxylation is 1. The highest BCUT2D eigenvalue weighted by Crippen LogP contribution is 2.27. The molecule has 1 saturated heterocycles. The number of ether oxygens (including phenoxy) is 1. The fourth-order valence-electron chi connectivity index (χ4n) is 3.27. The molecule has 2 atom stereocenters. The van der Waals surface area contributed by atoms with E-state index in [4.69, 9.17) is 4.74 Å². The van der Waals surface area contributed by atoms with E-state index in [2.05, 4.69) is 5.32 Å². The highest BCUT2D eigenvalue weighted by atomic mass is 32.2. The van der Waals surface area contributed by atoms with Gasteiger partial charge in [-0.3, -0.25) is 0 Å². The zero-order valence-electron chi connectivity index (χ0n) is 15.6. The number of rotatable bonds is 6. The Hall–Kier alpha value is -1.97. The quantitative estimate of drug-likeness (QED) is 0.708. The molecule has 0 aliphatic carbocycles. The van der Waals surface area contributed by atoms with Crippen molar-refractivity contribution in [2.24, 2.45) is 0 Å². The van der Waals surface area contributed by atoms with Crippen molar-refractivity contribution in [3.8, 4) is 5.75 Å². The van der Waals surface area contributed by atoms with E-state index in [-0.39, 0.29) is 16.2 Å². The third kappa shape index (κ3) is 4.37. The number of sulfone groups is 2. The number of benzene rings is 2. The molecule has 0 spiro atoms. The highest BCUT2D eigenvalue weighted by molar-refractivity contribution is 7.96. The topological polar surface area (TPSA) is 89.5 Å². The smallest absolute Gasteiger partial charge is 0.183 e. The van der Waals surface area contributed by atoms with Crippen molar-refractivity contribution in [2.45, 2.75) is 29.7 Å². The molecule has 1 fully saturated rings. The van der Waals surface area contributed by atoms with Crippen LogP contribution in [0.5, 0.6) is 5.75 Å². The van der Waals surface area contributed by atoms with Crippen LogP contribution in [0.2, 0.25) is 0 Å². The number of hydrogen-bond acceptors (Lipinski definition) is 6. The molecule has 1 heterocycles. The molecule has 2 aromatic rings. The Balaban J connectivity index is 1.83. The van der Waals surface area contributed by atoms with Crippen molar-refractivity contribution >= 4 is 19.7 Å². The number of nitrogens with one attached hydrogen (secondary N) is 1. The van der Waals surface area contributed by atoms with Gasteiger partial charge in [0.1, 0.15) is 11.6 Å². The van der Waals surface area contributed by atoms with Crippen LogP contribution in [0.4, 0.5) is 4.39 Å². The molecular weight excluding hydrogens is 405 g/mol. The molecule has 0 unspecified atom stereocenters. The third-order valence-electron chi connectivity index (χ3n) is 4.88. The van der Waals surface area contributed by atoms with Gasteiger partial charge in [-0.1, -0.05) is 12.1 Å². The monoisotopic (exact) mass is 427 g/mol. The molecule has 0 saturated carbocycles. The lowest BCUT2D eigenvalue weighted by atomic mass is 10.2. The Morgan fingerprint density at radius 2 is 1.82 bits per heavy atom. The van der Waals surface area contributed by atoms with Crippen LogP contribution in [0.3, 0.4) is 0 Å². The van der Waals surface area contributed by atoms with Crippen molar-refractivity contribution in [3.63, 3.8) is 0 Å². The van der Waals surface area contributed by atoms with Crippen molar-refractivity contribution in [3.05, 3.63) is 59.4 Å². The van der Waals surface area contributed by atoms with Crippen LogP contribution in [0, 0.1) is 12.7 Å². The lowest BCUT2D eigenvalue weighted by Crippen LogP contribution is -2.43. The second-order valence-corrected chi connectivity index (χ2v) is 11.2. The van der Waals surface area contributed by atoms with Crippen LogP contribution >= 0.6 is 0 Å². The van der Waals surface area contributed by atoms with Crippen LogP contribution in [0.1, 0.15) is 11.1 Å². The Morgan fingerprint density at radius 3 is 2.43 bits per heavy atom. The van der Waals surface area contributed by atoms with E-state index >= 15 is 0 Å². The lowest BCUT2D eigenvalue weighted by Gasteiger charge is -2.20. The van der Waals surface area contributed by atoms with Crippen molar-refractivity contribution in [2.75, 3.05) is 18.6 Å². The van der Waals surface area contributed by atoms with Gasteiger partial charge in [-0.25, -0.2) is 21.2 Å². The summed E-state index contributed by atoms with van der Waals surface area (Å²) in [4.78, 5) is -0.0650. The van der Waals surface area contributed by atoms with E-state index < -0.39 is 42.5 Å². The van der Waals surface area contributed by atoms with Gasteiger partial charge in [-0.05, 0) is 48.4 Å². The van der Waals surface area contributed by atoms with E-state index in [0.717, 1.165) is 11.6 Å². The molecule has 0 amide bonds. The molecule has 1 aliphatic heterocycles. The average molecular weight is 428 g/mol. The molecule has 3 rings (SSSR count). The lowest BCUT2D eigenvalue weighted by molar-refractivity contribution is 0.414. The predicted octanol–water partition coefficient (Wildman–Crippen LogP) is 1.87. The molecule has 1 aliphatic rings. The minimum absolute atomic E-state index is 0.0650. The fourth-order valence-corrected chi connectivity index (χ4v) is 8.07. The standard InChI is InChI=1S/C19H22FNO5S2/c1-13-9-16(7-8-17(13)20)28(24,25)19-12-27(22,23)11-18(19)21-10-14-3-5-15(26-2)6-4-14/h3-9,18-19,21H,10-12H2,1-2H3/t18-,19-/m1/s1. The normalized spacial score (nSPS) is 21.5. The first-order valence-corrected chi connectivity index (χ1v) is 12.1. The Labute approximate surface area is 164 Å². The summed E-state index contributed by atoms with van der Waals surface area (Å²) < 4.78 is 69.0. The molecule has 0 radical (unpaired) electrons. The van der Waals surface area contributed by atoms with Gasteiger partial charge in [0, 0.05) is 12.6 Å². The summed E-state index contributed by atoms with van der Waals surface area (Å²) in [5.41, 5.74) is 1.07. The summed E-state index contributed by atoms with van der Waals surface area (Å²) in [6.45, 7) is 1.79. The summed E-state index contributed by atoms with van der Waals surface area (Å²) in [7, 11) is -5.89. The van der Waals surface area contributed by atoms with Gasteiger partial charge in [0.25, 0.3) is 0 Å². The van der Waals surface area contributed by atoms with Gasteiger partial charge >= 0.3 is 0 Å². The average Bonchev–Trinajstić information content (AvgIpc) is 2.98. The van der Waals surface area contributed by atoms with Crippen molar-refractivity contribution < 1.29 is 26.0 Å². The Bertz CT molecular complexity index is 1070. The van der Waals surface area contributed by atoms with E-state index in [0.29, 0.717) is 12.3 Å². The second-order valence-electron chi connectivity index (χ2n) is 6.91. The van der Waals surface area contributed by atoms with Crippen LogP contribution in [0.25, 0.3) is 0 Å². The van der Waals surface area contributed by atoms with Gasteiger partial charge in [-0.2, -0.15) is 0 Å². The zero-order chi connectivity index (χ0) is 20.5. The number of hydrogen-bond donors (Lipinski definition) is 1. The maximum absolute atomic E-state index is 13.5. The molecule has 2 aromatic carbocycles. The van der Waals surface area contributed by atoms with Gasteiger partial charge < -0.3 is 10.1 Å². The summed E-state index contributed by atoms with van der Waals surface area (Å²) in [5.74, 6) is -0.522. The minimum atomic E-state index is -3.94. The molecular formula is C19H22FNO5S2. The second kappa shape index (κ2) is 7.81. The van der Waals surface area contributed by atoms with Crippen LogP contribution in [0.15, 0.2) is 47.4 Å². The van der Waals surface area contributed by atoms with Crippen molar-refractivity contribution in [1.29, 1.82) is 0 Å². The molecule has 152 valence electrons. The summed E-state index contributed by atoms with van der Waals surface area (Å²) in [6, 6.07) is 9.97. The molecule has 28 heavy (non-hydrogen) atoms. The van der Waals surface area contributed by atoms with E-state index in [1.54, 1.807) is 19.2 Å². The van der Waals surface area contributed by atoms with Crippen LogP contribution < -0.4 is 10.1 Å². The molecule has 9 heteroatoms. The first kappa shape index (κ1) is 20.8. The van der Waals surface area contributed by atoms with Gasteiger partial charge in [0.05, 0.1) is 28.8 Å². The summed E-state index contributed by atoms with van der Waals surface area (Å²) >= 11 is 0. The summed E-state index contributed by atoms with van der Waals surface area (Å²) in [5, 5.41) is 1.95. The van der Waals surface area contributed by atoms with E-state index in [1.807, 2.05) is 12.1 Å². The molecule has 6 nitrogen and oxygen atoms in total. The highest BCUT2D eigenvalue weighted by Gasteiger charge is 2.45. The van der Waals surface area contributed by atoms with Gasteiger partial charge in [0.2, 0.25) is 0 Å². The van der Waals surface area contributed by atoms with Crippen molar-refractivity contribution in [1.82, 2.24) is 5.32 Å². The molecule has 0 aromatic heterocycles. The van der Waals surface area contributed by atoms with Crippen LogP contribution in [-0.2, 0) is 26.2 Å². The first-order valence-electron chi connectivity index (χ1n) is 8.69. The zero-order valence-corrected chi connectivity index (χ0v) is 17.2. The third-order valence-corrected chi connectivity index (χ3v) is 9.03. The van der Waals surface area contributed by atoms with E-state index in [1.165, 1.54) is 19.1 Å². The minimum Gasteiger partial charge on any atom is -0.497 e. The van der Waals surface area contributed by atoms with Gasteiger partial charge in [-0.15, -0.1) is 0 Å². The molecule has 0 bridgehead atoms. The number of halogens is 1. The summed E-state index contributed by atoms with van der Waals surface area (Å²) in [6.07, 6.45) is 0. The van der Waals surface area contributed by atoms with E-state index in [9.17, 15) is 21.2 Å². The SMILES string of the molecule is COc1ccc(CN[C@@H]2CS(=O)(=O)C[C@H]2S(=O)(=O)c2ccc(F)c(C)c2)cc1.